The van der Waals surface area contributed by atoms with E-state index in [1.807, 2.05) is 13.8 Å². The Morgan fingerprint density at radius 3 is 2.95 bits per heavy atom. The maximum absolute atomic E-state index is 12.1. The van der Waals surface area contributed by atoms with Crippen molar-refractivity contribution in [2.45, 2.75) is 46.0 Å². The van der Waals surface area contributed by atoms with E-state index in [4.69, 9.17) is 0 Å². The van der Waals surface area contributed by atoms with Crippen molar-refractivity contribution in [2.75, 3.05) is 19.6 Å². The van der Waals surface area contributed by atoms with Gasteiger partial charge in [0.2, 0.25) is 5.91 Å². The fourth-order valence-corrected chi connectivity index (χ4v) is 2.84. The second-order valence-corrected chi connectivity index (χ2v) is 5.68. The van der Waals surface area contributed by atoms with Crippen LogP contribution >= 0.6 is 0 Å². The zero-order valence-corrected chi connectivity index (χ0v) is 12.6. The Labute approximate surface area is 120 Å². The minimum absolute atomic E-state index is 0.197. The lowest BCUT2D eigenvalue weighted by Gasteiger charge is -2.13. The van der Waals surface area contributed by atoms with E-state index >= 15 is 0 Å². The van der Waals surface area contributed by atoms with Crippen molar-refractivity contribution in [2.24, 2.45) is 5.92 Å². The lowest BCUT2D eigenvalue weighted by Crippen LogP contribution is -2.32. The number of aryl methyl sites for hydroxylation is 2. The number of carbonyl (C=O) groups is 1. The largest absolute Gasteiger partial charge is 0.356 e. The molecule has 0 aliphatic carbocycles. The third-order valence-corrected chi connectivity index (χ3v) is 4.13. The molecule has 0 saturated carbocycles. The molecule has 5 nitrogen and oxygen atoms in total. The van der Waals surface area contributed by atoms with Crippen molar-refractivity contribution in [1.29, 1.82) is 0 Å². The van der Waals surface area contributed by atoms with E-state index in [9.17, 15) is 4.79 Å². The van der Waals surface area contributed by atoms with Gasteiger partial charge in [-0.25, -0.2) is 0 Å². The highest BCUT2D eigenvalue weighted by Crippen LogP contribution is 2.14. The molecule has 2 rings (SSSR count). The highest BCUT2D eigenvalue weighted by molar-refractivity contribution is 5.78. The van der Waals surface area contributed by atoms with Crippen LogP contribution in [0.3, 0.4) is 0 Å². The van der Waals surface area contributed by atoms with E-state index in [0.29, 0.717) is 0 Å². The predicted molar refractivity (Wildman–Crippen MR) is 79.6 cm³/mol. The maximum Gasteiger partial charge on any atom is 0.223 e. The Bertz CT molecular complexity index is 414. The third-order valence-electron chi connectivity index (χ3n) is 4.13. The standard InChI is InChI=1S/C15H26N4O/c1-11-14(12(2)19-18-11)6-4-9-17-15(20)13-5-3-8-16-10-7-13/h13,16H,3-10H2,1-2H3,(H,17,20)(H,18,19)/t13-/m0/s1. The molecule has 1 aliphatic rings. The van der Waals surface area contributed by atoms with E-state index in [1.165, 1.54) is 5.56 Å². The van der Waals surface area contributed by atoms with Gasteiger partial charge in [-0.15, -0.1) is 0 Å². The van der Waals surface area contributed by atoms with E-state index < -0.39 is 0 Å². The van der Waals surface area contributed by atoms with E-state index in [1.54, 1.807) is 0 Å². The molecule has 0 radical (unpaired) electrons. The molecule has 5 heteroatoms. The molecule has 2 heterocycles. The van der Waals surface area contributed by atoms with Crippen LogP contribution in [0.5, 0.6) is 0 Å². The van der Waals surface area contributed by atoms with Crippen molar-refractivity contribution in [1.82, 2.24) is 20.8 Å². The van der Waals surface area contributed by atoms with Crippen molar-refractivity contribution in [3.8, 4) is 0 Å². The summed E-state index contributed by atoms with van der Waals surface area (Å²) in [4.78, 5) is 12.1. The second-order valence-electron chi connectivity index (χ2n) is 5.68. The van der Waals surface area contributed by atoms with Crippen LogP contribution in [0, 0.1) is 19.8 Å². The number of hydrogen-bond acceptors (Lipinski definition) is 3. The summed E-state index contributed by atoms with van der Waals surface area (Å²) in [7, 11) is 0. The molecule has 112 valence electrons. The summed E-state index contributed by atoms with van der Waals surface area (Å²) in [5, 5.41) is 13.6. The lowest BCUT2D eigenvalue weighted by atomic mass is 10.00. The van der Waals surface area contributed by atoms with Crippen molar-refractivity contribution < 1.29 is 4.79 Å². The van der Waals surface area contributed by atoms with Crippen LogP contribution in [0.1, 0.15) is 42.6 Å². The Balaban J connectivity index is 1.69. The van der Waals surface area contributed by atoms with E-state index in [0.717, 1.165) is 63.1 Å². The number of nitrogens with zero attached hydrogens (tertiary/aromatic N) is 1. The number of nitrogens with one attached hydrogen (secondary N) is 3. The monoisotopic (exact) mass is 278 g/mol. The third kappa shape index (κ3) is 4.07. The second kappa shape index (κ2) is 7.43. The summed E-state index contributed by atoms with van der Waals surface area (Å²) in [5.74, 6) is 0.428. The molecule has 3 N–H and O–H groups in total. The number of H-pyrrole nitrogens is 1. The van der Waals surface area contributed by atoms with Gasteiger partial charge < -0.3 is 10.6 Å². The number of amides is 1. The Kier molecular flexibility index (Phi) is 5.59. The first-order valence-corrected chi connectivity index (χ1v) is 7.67. The van der Waals surface area contributed by atoms with Gasteiger partial charge in [0, 0.05) is 18.2 Å². The average molecular weight is 278 g/mol. The molecule has 1 atom stereocenters. The van der Waals surface area contributed by atoms with Crippen molar-refractivity contribution in [3.63, 3.8) is 0 Å². The molecule has 1 aromatic rings. The van der Waals surface area contributed by atoms with Crippen LogP contribution in [-0.2, 0) is 11.2 Å². The van der Waals surface area contributed by atoms with Crippen LogP contribution in [-0.4, -0.2) is 35.7 Å². The molecule has 1 aromatic heterocycles. The molecule has 0 spiro atoms. The molecule has 0 aromatic carbocycles. The maximum atomic E-state index is 12.1. The van der Waals surface area contributed by atoms with Gasteiger partial charge >= 0.3 is 0 Å². The smallest absolute Gasteiger partial charge is 0.223 e. The molecule has 0 unspecified atom stereocenters. The van der Waals surface area contributed by atoms with Gasteiger partial charge in [0.1, 0.15) is 0 Å². The summed E-state index contributed by atoms with van der Waals surface area (Å²) in [6, 6.07) is 0. The van der Waals surface area contributed by atoms with Crippen LogP contribution in [0.4, 0.5) is 0 Å². The quantitative estimate of drug-likeness (QED) is 0.714. The normalized spacial score (nSPS) is 19.6. The molecule has 20 heavy (non-hydrogen) atoms. The number of rotatable bonds is 5. The van der Waals surface area contributed by atoms with Gasteiger partial charge in [-0.1, -0.05) is 0 Å². The summed E-state index contributed by atoms with van der Waals surface area (Å²) < 4.78 is 0. The van der Waals surface area contributed by atoms with Crippen molar-refractivity contribution in [3.05, 3.63) is 17.0 Å². The van der Waals surface area contributed by atoms with Gasteiger partial charge in [0.15, 0.2) is 0 Å². The van der Waals surface area contributed by atoms with Crippen LogP contribution in [0.15, 0.2) is 0 Å². The number of aromatic amines is 1. The zero-order chi connectivity index (χ0) is 14.4. The molecule has 1 aliphatic heterocycles. The number of hydrogen-bond donors (Lipinski definition) is 3. The lowest BCUT2D eigenvalue weighted by molar-refractivity contribution is -0.125. The molecule has 0 bridgehead atoms. The SMILES string of the molecule is Cc1n[nH]c(C)c1CCCNC(=O)[C@H]1CCCNCC1. The first kappa shape index (κ1) is 15.0. The Morgan fingerprint density at radius 2 is 2.20 bits per heavy atom. The zero-order valence-electron chi connectivity index (χ0n) is 12.6. The fourth-order valence-electron chi connectivity index (χ4n) is 2.84. The average Bonchev–Trinajstić information content (AvgIpc) is 2.67. The highest BCUT2D eigenvalue weighted by Gasteiger charge is 2.19. The molecule has 1 amide bonds. The predicted octanol–water partition coefficient (Wildman–Crippen LogP) is 1.47. The van der Waals surface area contributed by atoms with Gasteiger partial charge in [-0.3, -0.25) is 9.89 Å². The summed E-state index contributed by atoms with van der Waals surface area (Å²) in [6.45, 7) is 6.84. The molecule has 1 saturated heterocycles. The minimum atomic E-state index is 0.197. The molecule has 1 fully saturated rings. The number of aromatic nitrogens is 2. The van der Waals surface area contributed by atoms with Gasteiger partial charge in [-0.05, 0) is 64.6 Å². The fraction of sp³-hybridized carbons (Fsp3) is 0.733. The minimum Gasteiger partial charge on any atom is -0.356 e. The van der Waals surface area contributed by atoms with Crippen LogP contribution < -0.4 is 10.6 Å². The van der Waals surface area contributed by atoms with Gasteiger partial charge in [-0.2, -0.15) is 5.10 Å². The molecular weight excluding hydrogens is 252 g/mol. The summed E-state index contributed by atoms with van der Waals surface area (Å²) in [6.07, 6.45) is 5.02. The number of carbonyl (C=O) groups excluding carboxylic acids is 1. The molecular formula is C15H26N4O. The van der Waals surface area contributed by atoms with Crippen molar-refractivity contribution >= 4 is 5.91 Å². The topological polar surface area (TPSA) is 69.8 Å². The highest BCUT2D eigenvalue weighted by atomic mass is 16.1. The Morgan fingerprint density at radius 1 is 1.35 bits per heavy atom. The van der Waals surface area contributed by atoms with Gasteiger partial charge in [0.25, 0.3) is 0 Å². The first-order chi connectivity index (χ1) is 9.68. The van der Waals surface area contributed by atoms with E-state index in [2.05, 4.69) is 20.8 Å². The first-order valence-electron chi connectivity index (χ1n) is 7.67. The Hall–Kier alpha value is -1.36. The van der Waals surface area contributed by atoms with Crippen LogP contribution in [0.2, 0.25) is 0 Å². The van der Waals surface area contributed by atoms with E-state index in [-0.39, 0.29) is 11.8 Å². The summed E-state index contributed by atoms with van der Waals surface area (Å²) >= 11 is 0. The summed E-state index contributed by atoms with van der Waals surface area (Å²) in [5.41, 5.74) is 3.50. The van der Waals surface area contributed by atoms with Gasteiger partial charge in [0.05, 0.1) is 5.69 Å². The van der Waals surface area contributed by atoms with Crippen LogP contribution in [0.25, 0.3) is 0 Å².